The number of hydrogen-bond acceptors (Lipinski definition) is 5. The van der Waals surface area contributed by atoms with Gasteiger partial charge in [0, 0.05) is 38.9 Å². The molecule has 0 bridgehead atoms. The third-order valence-electron chi connectivity index (χ3n) is 4.63. The summed E-state index contributed by atoms with van der Waals surface area (Å²) in [7, 11) is 0. The molecule has 3 heterocycles. The zero-order valence-electron chi connectivity index (χ0n) is 14.0. The van der Waals surface area contributed by atoms with E-state index in [1.165, 1.54) is 11.3 Å². The summed E-state index contributed by atoms with van der Waals surface area (Å²) in [6, 6.07) is 12.8. The first-order valence-corrected chi connectivity index (χ1v) is 8.53. The fourth-order valence-electron chi connectivity index (χ4n) is 3.21. The number of hydrogen-bond donors (Lipinski definition) is 0. The summed E-state index contributed by atoms with van der Waals surface area (Å²) >= 11 is 0. The standard InChI is InChI=1S/C19H22N4O/c1-15-6-4-9-20-17(15)14-22-10-5-11-23(13-12-22)19-21-16-7-2-3-8-18(16)24-19/h2-4,6-9H,5,10-14H2,1H3. The number of benzene rings is 1. The third kappa shape index (κ3) is 3.12. The summed E-state index contributed by atoms with van der Waals surface area (Å²) in [5.41, 5.74) is 4.22. The Morgan fingerprint density at radius 3 is 2.83 bits per heavy atom. The molecule has 124 valence electrons. The van der Waals surface area contributed by atoms with Crippen LogP contribution in [0.5, 0.6) is 0 Å². The van der Waals surface area contributed by atoms with Crippen molar-refractivity contribution in [2.24, 2.45) is 0 Å². The van der Waals surface area contributed by atoms with Crippen molar-refractivity contribution in [1.29, 1.82) is 0 Å². The second kappa shape index (κ2) is 6.61. The van der Waals surface area contributed by atoms with E-state index >= 15 is 0 Å². The minimum atomic E-state index is 0.743. The Morgan fingerprint density at radius 1 is 1.04 bits per heavy atom. The van der Waals surface area contributed by atoms with Gasteiger partial charge >= 0.3 is 0 Å². The molecule has 3 aromatic rings. The molecule has 2 aromatic heterocycles. The smallest absolute Gasteiger partial charge is 0.298 e. The molecule has 5 nitrogen and oxygen atoms in total. The summed E-state index contributed by atoms with van der Waals surface area (Å²) in [4.78, 5) is 13.9. The molecule has 0 saturated carbocycles. The van der Waals surface area contributed by atoms with Crippen molar-refractivity contribution in [2.45, 2.75) is 19.9 Å². The average Bonchev–Trinajstić information content (AvgIpc) is 2.89. The minimum Gasteiger partial charge on any atom is -0.423 e. The van der Waals surface area contributed by atoms with Crippen molar-refractivity contribution >= 4 is 17.1 Å². The number of para-hydroxylation sites is 2. The fourth-order valence-corrected chi connectivity index (χ4v) is 3.21. The van der Waals surface area contributed by atoms with Crippen LogP contribution in [0.1, 0.15) is 17.7 Å². The topological polar surface area (TPSA) is 45.4 Å². The van der Waals surface area contributed by atoms with Crippen LogP contribution in [0.25, 0.3) is 11.1 Å². The van der Waals surface area contributed by atoms with Crippen LogP contribution in [0.2, 0.25) is 0 Å². The highest BCUT2D eigenvalue weighted by Gasteiger charge is 2.19. The van der Waals surface area contributed by atoms with Crippen molar-refractivity contribution in [3.63, 3.8) is 0 Å². The van der Waals surface area contributed by atoms with Gasteiger partial charge in [0.25, 0.3) is 6.01 Å². The van der Waals surface area contributed by atoms with Crippen LogP contribution in [0.3, 0.4) is 0 Å². The molecule has 0 spiro atoms. The van der Waals surface area contributed by atoms with E-state index in [0.29, 0.717) is 0 Å². The molecule has 0 amide bonds. The first-order valence-electron chi connectivity index (χ1n) is 8.53. The van der Waals surface area contributed by atoms with E-state index in [-0.39, 0.29) is 0 Å². The van der Waals surface area contributed by atoms with Gasteiger partial charge in [-0.25, -0.2) is 0 Å². The summed E-state index contributed by atoms with van der Waals surface area (Å²) in [5.74, 6) is 0. The van der Waals surface area contributed by atoms with Gasteiger partial charge in [0.2, 0.25) is 0 Å². The maximum Gasteiger partial charge on any atom is 0.298 e. The monoisotopic (exact) mass is 322 g/mol. The highest BCUT2D eigenvalue weighted by molar-refractivity contribution is 5.74. The molecule has 1 aliphatic rings. The maximum atomic E-state index is 5.92. The highest BCUT2D eigenvalue weighted by atomic mass is 16.4. The van der Waals surface area contributed by atoms with Crippen LogP contribution in [0.15, 0.2) is 47.0 Å². The molecule has 4 rings (SSSR count). The summed E-state index contributed by atoms with van der Waals surface area (Å²) < 4.78 is 5.92. The molecule has 1 aliphatic heterocycles. The molecule has 0 aliphatic carbocycles. The Balaban J connectivity index is 1.45. The van der Waals surface area contributed by atoms with Gasteiger partial charge in [0.05, 0.1) is 5.69 Å². The molecule has 5 heteroatoms. The van der Waals surface area contributed by atoms with Crippen molar-refractivity contribution in [1.82, 2.24) is 14.9 Å². The summed E-state index contributed by atoms with van der Waals surface area (Å²) in [5, 5.41) is 0. The maximum absolute atomic E-state index is 5.92. The minimum absolute atomic E-state index is 0.743. The molecular formula is C19H22N4O. The predicted molar refractivity (Wildman–Crippen MR) is 95.1 cm³/mol. The van der Waals surface area contributed by atoms with Crippen LogP contribution in [-0.4, -0.2) is 41.0 Å². The molecule has 0 N–H and O–H groups in total. The average molecular weight is 322 g/mol. The molecule has 1 fully saturated rings. The second-order valence-electron chi connectivity index (χ2n) is 6.35. The predicted octanol–water partition coefficient (Wildman–Crippen LogP) is 3.24. The van der Waals surface area contributed by atoms with Crippen LogP contribution >= 0.6 is 0 Å². The molecular weight excluding hydrogens is 300 g/mol. The molecule has 1 saturated heterocycles. The van der Waals surface area contributed by atoms with Crippen molar-refractivity contribution in [3.05, 3.63) is 53.9 Å². The Labute approximate surface area is 141 Å². The van der Waals surface area contributed by atoms with Gasteiger partial charge in [-0.05, 0) is 37.1 Å². The van der Waals surface area contributed by atoms with Gasteiger partial charge in [-0.3, -0.25) is 9.88 Å². The van der Waals surface area contributed by atoms with E-state index in [2.05, 4.69) is 32.8 Å². The van der Waals surface area contributed by atoms with Crippen LogP contribution in [-0.2, 0) is 6.54 Å². The van der Waals surface area contributed by atoms with Gasteiger partial charge in [-0.15, -0.1) is 0 Å². The number of pyridine rings is 1. The van der Waals surface area contributed by atoms with E-state index < -0.39 is 0 Å². The Hall–Kier alpha value is -2.40. The van der Waals surface area contributed by atoms with Crippen LogP contribution < -0.4 is 4.90 Å². The van der Waals surface area contributed by atoms with Crippen molar-refractivity contribution < 1.29 is 4.42 Å². The number of nitrogens with zero attached hydrogens (tertiary/aromatic N) is 4. The number of oxazole rings is 1. The first kappa shape index (κ1) is 15.1. The number of aromatic nitrogens is 2. The SMILES string of the molecule is Cc1cccnc1CN1CCCN(c2nc3ccccc3o2)CC1. The first-order chi connectivity index (χ1) is 11.8. The zero-order chi connectivity index (χ0) is 16.4. The molecule has 0 atom stereocenters. The summed E-state index contributed by atoms with van der Waals surface area (Å²) in [6.07, 6.45) is 2.98. The molecule has 1 aromatic carbocycles. The van der Waals surface area contributed by atoms with E-state index in [9.17, 15) is 0 Å². The van der Waals surface area contributed by atoms with Gasteiger partial charge in [0.1, 0.15) is 5.52 Å². The van der Waals surface area contributed by atoms with Gasteiger partial charge < -0.3 is 9.32 Å². The largest absolute Gasteiger partial charge is 0.423 e. The van der Waals surface area contributed by atoms with Crippen molar-refractivity contribution in [3.8, 4) is 0 Å². The van der Waals surface area contributed by atoms with E-state index in [1.807, 2.05) is 36.5 Å². The van der Waals surface area contributed by atoms with E-state index in [0.717, 1.165) is 56.3 Å². The summed E-state index contributed by atoms with van der Waals surface area (Å²) in [6.45, 7) is 7.02. The van der Waals surface area contributed by atoms with Crippen molar-refractivity contribution in [2.75, 3.05) is 31.1 Å². The highest BCUT2D eigenvalue weighted by Crippen LogP contribution is 2.22. The Bertz CT molecular complexity index is 796. The number of aryl methyl sites for hydroxylation is 1. The Morgan fingerprint density at radius 2 is 1.96 bits per heavy atom. The number of fused-ring (bicyclic) bond motifs is 1. The molecule has 0 radical (unpaired) electrons. The number of rotatable bonds is 3. The lowest BCUT2D eigenvalue weighted by atomic mass is 10.2. The van der Waals surface area contributed by atoms with Gasteiger partial charge in [0.15, 0.2) is 5.58 Å². The lowest BCUT2D eigenvalue weighted by Gasteiger charge is -2.21. The van der Waals surface area contributed by atoms with E-state index in [4.69, 9.17) is 4.42 Å². The third-order valence-corrected chi connectivity index (χ3v) is 4.63. The number of anilines is 1. The lowest BCUT2D eigenvalue weighted by molar-refractivity contribution is 0.281. The van der Waals surface area contributed by atoms with Crippen LogP contribution in [0, 0.1) is 6.92 Å². The van der Waals surface area contributed by atoms with E-state index in [1.54, 1.807) is 0 Å². The Kier molecular flexibility index (Phi) is 4.17. The zero-order valence-corrected chi connectivity index (χ0v) is 14.0. The fraction of sp³-hybridized carbons (Fsp3) is 0.368. The lowest BCUT2D eigenvalue weighted by Crippen LogP contribution is -2.31. The second-order valence-corrected chi connectivity index (χ2v) is 6.35. The van der Waals surface area contributed by atoms with Crippen LogP contribution in [0.4, 0.5) is 6.01 Å². The quantitative estimate of drug-likeness (QED) is 0.741. The normalized spacial score (nSPS) is 16.5. The van der Waals surface area contributed by atoms with Gasteiger partial charge in [-0.1, -0.05) is 18.2 Å². The van der Waals surface area contributed by atoms with Gasteiger partial charge in [-0.2, -0.15) is 4.98 Å². The molecule has 24 heavy (non-hydrogen) atoms. The molecule has 0 unspecified atom stereocenters.